The van der Waals surface area contributed by atoms with Crippen LogP contribution in [0.2, 0.25) is 0 Å². The van der Waals surface area contributed by atoms with Crippen molar-refractivity contribution in [1.29, 1.82) is 0 Å². The molecule has 7 heteroatoms. The molecule has 118 valence electrons. The number of nitrogens with two attached hydrogens (primary N) is 1. The average Bonchev–Trinajstić information content (AvgIpc) is 3.23. The summed E-state index contributed by atoms with van der Waals surface area (Å²) in [5, 5.41) is 7.14. The minimum atomic E-state index is -0.0620. The monoisotopic (exact) mass is 321 g/mol. The van der Waals surface area contributed by atoms with Crippen molar-refractivity contribution >= 4 is 18.3 Å². The van der Waals surface area contributed by atoms with E-state index in [2.05, 4.69) is 15.4 Å². The summed E-state index contributed by atoms with van der Waals surface area (Å²) >= 11 is 0. The van der Waals surface area contributed by atoms with Gasteiger partial charge in [0.1, 0.15) is 12.7 Å². The molecule has 1 atom stereocenters. The predicted molar refractivity (Wildman–Crippen MR) is 85.8 cm³/mol. The molecule has 0 saturated heterocycles. The van der Waals surface area contributed by atoms with Crippen LogP contribution in [0.3, 0.4) is 0 Å². The van der Waals surface area contributed by atoms with E-state index in [9.17, 15) is 4.79 Å². The molecular weight excluding hydrogens is 302 g/mol. The summed E-state index contributed by atoms with van der Waals surface area (Å²) in [6.07, 6.45) is 5.44. The molecule has 1 aromatic carbocycles. The first-order valence-corrected chi connectivity index (χ1v) is 7.19. The Labute approximate surface area is 135 Å². The zero-order valence-electron chi connectivity index (χ0n) is 12.2. The highest BCUT2D eigenvalue weighted by Crippen LogP contribution is 2.32. The number of hydrogen-bond donors (Lipinski definition) is 2. The van der Waals surface area contributed by atoms with Crippen molar-refractivity contribution in [1.82, 2.24) is 20.1 Å². The summed E-state index contributed by atoms with van der Waals surface area (Å²) in [5.41, 5.74) is 7.35. The smallest absolute Gasteiger partial charge is 0.251 e. The number of carbonyl (C=O) groups is 1. The average molecular weight is 322 g/mol. The van der Waals surface area contributed by atoms with E-state index in [0.29, 0.717) is 24.6 Å². The van der Waals surface area contributed by atoms with Gasteiger partial charge in [0, 0.05) is 18.2 Å². The molecule has 1 aliphatic rings. The van der Waals surface area contributed by atoms with Crippen LogP contribution in [0.15, 0.2) is 36.9 Å². The van der Waals surface area contributed by atoms with E-state index in [4.69, 9.17) is 5.73 Å². The third kappa shape index (κ3) is 3.84. The first kappa shape index (κ1) is 16.5. The molecule has 0 spiro atoms. The number of benzene rings is 1. The van der Waals surface area contributed by atoms with E-state index >= 15 is 0 Å². The van der Waals surface area contributed by atoms with Crippen LogP contribution in [-0.4, -0.2) is 33.3 Å². The van der Waals surface area contributed by atoms with E-state index < -0.39 is 0 Å². The van der Waals surface area contributed by atoms with Gasteiger partial charge in [-0.3, -0.25) is 4.79 Å². The molecule has 6 nitrogen and oxygen atoms in total. The van der Waals surface area contributed by atoms with E-state index in [-0.39, 0.29) is 24.4 Å². The zero-order valence-corrected chi connectivity index (χ0v) is 13.0. The quantitative estimate of drug-likeness (QED) is 0.837. The van der Waals surface area contributed by atoms with Gasteiger partial charge in [0.15, 0.2) is 0 Å². The van der Waals surface area contributed by atoms with Gasteiger partial charge in [-0.1, -0.05) is 18.2 Å². The van der Waals surface area contributed by atoms with Gasteiger partial charge < -0.3 is 11.1 Å². The summed E-state index contributed by atoms with van der Waals surface area (Å²) < 4.78 is 1.70. The molecule has 3 rings (SSSR count). The summed E-state index contributed by atoms with van der Waals surface area (Å²) in [5.74, 6) is 0.481. The van der Waals surface area contributed by atoms with Gasteiger partial charge in [-0.25, -0.2) is 9.67 Å². The largest absolute Gasteiger partial charge is 0.348 e. The van der Waals surface area contributed by atoms with Gasteiger partial charge in [-0.05, 0) is 30.4 Å². The second-order valence-corrected chi connectivity index (χ2v) is 5.40. The Bertz CT molecular complexity index is 612. The molecule has 1 heterocycles. The Morgan fingerprint density at radius 2 is 2.18 bits per heavy atom. The van der Waals surface area contributed by atoms with Crippen LogP contribution in [0, 0.1) is 5.92 Å². The molecular formula is C15H20ClN5O. The van der Waals surface area contributed by atoms with Crippen molar-refractivity contribution in [3.63, 3.8) is 0 Å². The van der Waals surface area contributed by atoms with Gasteiger partial charge in [0.05, 0.1) is 6.54 Å². The lowest BCUT2D eigenvalue weighted by molar-refractivity contribution is 0.0932. The highest BCUT2D eigenvalue weighted by molar-refractivity contribution is 5.95. The fourth-order valence-electron chi connectivity index (χ4n) is 2.48. The van der Waals surface area contributed by atoms with Crippen molar-refractivity contribution in [3.8, 4) is 0 Å². The summed E-state index contributed by atoms with van der Waals surface area (Å²) in [4.78, 5) is 16.4. The summed E-state index contributed by atoms with van der Waals surface area (Å²) in [6, 6.07) is 7.64. The van der Waals surface area contributed by atoms with Crippen molar-refractivity contribution in [3.05, 3.63) is 48.0 Å². The summed E-state index contributed by atoms with van der Waals surface area (Å²) in [7, 11) is 0. The van der Waals surface area contributed by atoms with Crippen LogP contribution in [0.25, 0.3) is 0 Å². The van der Waals surface area contributed by atoms with Gasteiger partial charge in [0.2, 0.25) is 0 Å². The standard InChI is InChI=1S/C15H19N5O.ClH/c16-7-14(11-5-6-11)19-15(21)13-4-2-1-3-12(13)8-20-10-17-9-18-20;/h1-4,9-11,14H,5-8,16H2,(H,19,21);1H. The molecule has 0 bridgehead atoms. The zero-order chi connectivity index (χ0) is 14.7. The second kappa shape index (κ2) is 7.38. The van der Waals surface area contributed by atoms with Crippen LogP contribution >= 0.6 is 12.4 Å². The first-order chi connectivity index (χ1) is 10.3. The third-order valence-corrected chi connectivity index (χ3v) is 3.82. The first-order valence-electron chi connectivity index (χ1n) is 7.19. The normalized spacial score (nSPS) is 15.0. The molecule has 0 aliphatic heterocycles. The Balaban J connectivity index is 0.00000176. The van der Waals surface area contributed by atoms with Crippen molar-refractivity contribution in [2.24, 2.45) is 11.7 Å². The lowest BCUT2D eigenvalue weighted by Crippen LogP contribution is -2.42. The highest BCUT2D eigenvalue weighted by Gasteiger charge is 2.31. The number of nitrogens with one attached hydrogen (secondary N) is 1. The Hall–Kier alpha value is -1.92. The van der Waals surface area contributed by atoms with E-state index in [1.807, 2.05) is 24.3 Å². The van der Waals surface area contributed by atoms with Gasteiger partial charge >= 0.3 is 0 Å². The second-order valence-electron chi connectivity index (χ2n) is 5.40. The fraction of sp³-hybridized carbons (Fsp3) is 0.400. The van der Waals surface area contributed by atoms with Crippen LogP contribution in [-0.2, 0) is 6.54 Å². The molecule has 1 aliphatic carbocycles. The maximum Gasteiger partial charge on any atom is 0.251 e. The molecule has 1 fully saturated rings. The molecule has 1 aromatic heterocycles. The lowest BCUT2D eigenvalue weighted by atomic mass is 10.1. The van der Waals surface area contributed by atoms with Gasteiger partial charge in [-0.15, -0.1) is 12.4 Å². The number of rotatable bonds is 6. The number of aromatic nitrogens is 3. The fourth-order valence-corrected chi connectivity index (χ4v) is 2.48. The Morgan fingerprint density at radius 1 is 1.41 bits per heavy atom. The molecule has 1 unspecified atom stereocenters. The number of amides is 1. The number of carbonyl (C=O) groups excluding carboxylic acids is 1. The minimum Gasteiger partial charge on any atom is -0.348 e. The van der Waals surface area contributed by atoms with Crippen LogP contribution in [0.5, 0.6) is 0 Å². The molecule has 22 heavy (non-hydrogen) atoms. The lowest BCUT2D eigenvalue weighted by Gasteiger charge is -2.17. The maximum atomic E-state index is 12.5. The number of hydrogen-bond acceptors (Lipinski definition) is 4. The van der Waals surface area contributed by atoms with Crippen molar-refractivity contribution in [2.75, 3.05) is 6.54 Å². The molecule has 3 N–H and O–H groups in total. The highest BCUT2D eigenvalue weighted by atomic mass is 35.5. The van der Waals surface area contributed by atoms with E-state index in [1.54, 1.807) is 11.0 Å². The number of nitrogens with zero attached hydrogens (tertiary/aromatic N) is 3. The Kier molecular flexibility index (Phi) is 5.51. The van der Waals surface area contributed by atoms with Crippen molar-refractivity contribution < 1.29 is 4.79 Å². The van der Waals surface area contributed by atoms with E-state index in [1.165, 1.54) is 6.33 Å². The van der Waals surface area contributed by atoms with Gasteiger partial charge in [-0.2, -0.15) is 5.10 Å². The van der Waals surface area contributed by atoms with Gasteiger partial charge in [0.25, 0.3) is 5.91 Å². The summed E-state index contributed by atoms with van der Waals surface area (Å²) in [6.45, 7) is 1.02. The minimum absolute atomic E-state index is 0. The van der Waals surface area contributed by atoms with Crippen LogP contribution in [0.4, 0.5) is 0 Å². The number of halogens is 1. The molecule has 1 saturated carbocycles. The van der Waals surface area contributed by atoms with E-state index in [0.717, 1.165) is 18.4 Å². The maximum absolute atomic E-state index is 12.5. The topological polar surface area (TPSA) is 85.8 Å². The Morgan fingerprint density at radius 3 is 2.82 bits per heavy atom. The van der Waals surface area contributed by atoms with Crippen LogP contribution in [0.1, 0.15) is 28.8 Å². The third-order valence-electron chi connectivity index (χ3n) is 3.82. The molecule has 0 radical (unpaired) electrons. The van der Waals surface area contributed by atoms with Crippen molar-refractivity contribution in [2.45, 2.75) is 25.4 Å². The predicted octanol–water partition coefficient (Wildman–Crippen LogP) is 1.22. The molecule has 1 amide bonds. The SMILES string of the molecule is Cl.NCC(NC(=O)c1ccccc1Cn1cncn1)C1CC1. The van der Waals surface area contributed by atoms with Crippen LogP contribution < -0.4 is 11.1 Å². The molecule has 2 aromatic rings.